The molecule has 0 unspecified atom stereocenters. The summed E-state index contributed by atoms with van der Waals surface area (Å²) < 4.78 is 0. The van der Waals surface area contributed by atoms with Crippen molar-refractivity contribution in [2.45, 2.75) is 38.8 Å². The lowest BCUT2D eigenvalue weighted by Crippen LogP contribution is -2.51. The minimum atomic E-state index is 0.649. The second kappa shape index (κ2) is 3.35. The minimum absolute atomic E-state index is 0.649. The van der Waals surface area contributed by atoms with E-state index in [4.69, 9.17) is 0 Å². The quantitative estimate of drug-likeness (QED) is 0.642. The van der Waals surface area contributed by atoms with E-state index in [1.807, 2.05) is 0 Å². The Morgan fingerprint density at radius 3 is 2.25 bits per heavy atom. The van der Waals surface area contributed by atoms with Gasteiger partial charge in [-0.05, 0) is 37.8 Å². The molecule has 2 heteroatoms. The minimum Gasteiger partial charge on any atom is -0.316 e. The molecular formula is C10H20N2. The van der Waals surface area contributed by atoms with Crippen LogP contribution in [0.1, 0.15) is 26.7 Å². The fourth-order valence-corrected chi connectivity index (χ4v) is 2.74. The van der Waals surface area contributed by atoms with Gasteiger partial charge in [-0.3, -0.25) is 0 Å². The number of hydrogen-bond acceptors (Lipinski definition) is 2. The molecule has 2 aliphatic rings. The summed E-state index contributed by atoms with van der Waals surface area (Å²) in [6, 6.07) is 1.46. The predicted molar refractivity (Wildman–Crippen MR) is 51.1 cm³/mol. The number of nitrogens with one attached hydrogen (secondary N) is 2. The van der Waals surface area contributed by atoms with Crippen molar-refractivity contribution in [3.8, 4) is 0 Å². The summed E-state index contributed by atoms with van der Waals surface area (Å²) in [4.78, 5) is 0. The molecule has 0 amide bonds. The van der Waals surface area contributed by atoms with E-state index in [9.17, 15) is 0 Å². The first kappa shape index (κ1) is 8.52. The molecule has 12 heavy (non-hydrogen) atoms. The third-order valence-electron chi connectivity index (χ3n) is 3.26. The molecule has 1 saturated carbocycles. The highest BCUT2D eigenvalue weighted by molar-refractivity contribution is 4.96. The molecule has 0 aromatic rings. The molecular weight excluding hydrogens is 148 g/mol. The summed E-state index contributed by atoms with van der Waals surface area (Å²) in [6.07, 6.45) is 2.87. The smallest absolute Gasteiger partial charge is 0.0150 e. The molecule has 70 valence electrons. The van der Waals surface area contributed by atoms with E-state index in [0.29, 0.717) is 6.04 Å². The SMILES string of the molecule is CC(C)N[C@@H]1[C@@H]2CC[C@H]1CNC2. The van der Waals surface area contributed by atoms with Crippen LogP contribution in [0, 0.1) is 11.8 Å². The van der Waals surface area contributed by atoms with Crippen molar-refractivity contribution >= 4 is 0 Å². The summed E-state index contributed by atoms with van der Waals surface area (Å²) in [7, 11) is 0. The van der Waals surface area contributed by atoms with Gasteiger partial charge in [0.2, 0.25) is 0 Å². The van der Waals surface area contributed by atoms with E-state index in [1.54, 1.807) is 0 Å². The Bertz CT molecular complexity index is 140. The summed E-state index contributed by atoms with van der Waals surface area (Å²) in [5.41, 5.74) is 0. The fraction of sp³-hybridized carbons (Fsp3) is 1.00. The summed E-state index contributed by atoms with van der Waals surface area (Å²) in [5, 5.41) is 7.21. The first-order chi connectivity index (χ1) is 5.77. The summed E-state index contributed by atoms with van der Waals surface area (Å²) in [6.45, 7) is 6.98. The highest BCUT2D eigenvalue weighted by Gasteiger charge is 2.38. The van der Waals surface area contributed by atoms with Crippen molar-refractivity contribution in [2.24, 2.45) is 11.8 Å². The van der Waals surface area contributed by atoms with Crippen LogP contribution < -0.4 is 10.6 Å². The van der Waals surface area contributed by atoms with Crippen LogP contribution >= 0.6 is 0 Å². The van der Waals surface area contributed by atoms with Crippen LogP contribution in [0.15, 0.2) is 0 Å². The van der Waals surface area contributed by atoms with E-state index in [1.165, 1.54) is 25.9 Å². The Morgan fingerprint density at radius 1 is 1.17 bits per heavy atom. The van der Waals surface area contributed by atoms with Crippen molar-refractivity contribution in [3.05, 3.63) is 0 Å². The molecule has 1 heterocycles. The molecule has 1 aliphatic heterocycles. The molecule has 0 aromatic heterocycles. The van der Waals surface area contributed by atoms with Crippen molar-refractivity contribution < 1.29 is 0 Å². The standard InChI is InChI=1S/C10H20N2/c1-7(2)12-10-8-3-4-9(10)6-11-5-8/h7-12H,3-6H2,1-2H3/t8-,9+,10-. The highest BCUT2D eigenvalue weighted by Crippen LogP contribution is 2.33. The van der Waals surface area contributed by atoms with Gasteiger partial charge in [0.25, 0.3) is 0 Å². The van der Waals surface area contributed by atoms with Crippen LogP contribution in [0.4, 0.5) is 0 Å². The third-order valence-corrected chi connectivity index (χ3v) is 3.26. The maximum atomic E-state index is 3.70. The van der Waals surface area contributed by atoms with Gasteiger partial charge in [0, 0.05) is 12.1 Å². The molecule has 2 fully saturated rings. The number of fused-ring (bicyclic) bond motifs is 2. The van der Waals surface area contributed by atoms with Gasteiger partial charge in [0.1, 0.15) is 0 Å². The molecule has 0 spiro atoms. The monoisotopic (exact) mass is 168 g/mol. The Labute approximate surface area is 75.1 Å². The lowest BCUT2D eigenvalue weighted by Gasteiger charge is -2.33. The molecule has 2 rings (SSSR count). The summed E-state index contributed by atoms with van der Waals surface area (Å²) >= 11 is 0. The van der Waals surface area contributed by atoms with Gasteiger partial charge in [-0.2, -0.15) is 0 Å². The average Bonchev–Trinajstić information content (AvgIpc) is 2.30. The van der Waals surface area contributed by atoms with Gasteiger partial charge in [-0.1, -0.05) is 13.8 Å². The normalized spacial score (nSPS) is 40.8. The second-order valence-electron chi connectivity index (χ2n) is 4.60. The Kier molecular flexibility index (Phi) is 2.37. The lowest BCUT2D eigenvalue weighted by atomic mass is 9.93. The van der Waals surface area contributed by atoms with Gasteiger partial charge in [0.05, 0.1) is 0 Å². The third kappa shape index (κ3) is 1.50. The zero-order valence-electron chi connectivity index (χ0n) is 8.14. The molecule has 2 nitrogen and oxygen atoms in total. The Hall–Kier alpha value is -0.0800. The van der Waals surface area contributed by atoms with E-state index in [-0.39, 0.29) is 0 Å². The molecule has 2 N–H and O–H groups in total. The topological polar surface area (TPSA) is 24.1 Å². The highest BCUT2D eigenvalue weighted by atomic mass is 15.0. The Morgan fingerprint density at radius 2 is 1.75 bits per heavy atom. The molecule has 0 aromatic carbocycles. The van der Waals surface area contributed by atoms with Gasteiger partial charge in [0.15, 0.2) is 0 Å². The molecule has 1 aliphatic carbocycles. The van der Waals surface area contributed by atoms with Gasteiger partial charge in [-0.15, -0.1) is 0 Å². The van der Waals surface area contributed by atoms with Crippen LogP contribution in [0.5, 0.6) is 0 Å². The maximum absolute atomic E-state index is 3.70. The maximum Gasteiger partial charge on any atom is 0.0150 e. The van der Waals surface area contributed by atoms with Crippen LogP contribution in [-0.2, 0) is 0 Å². The second-order valence-corrected chi connectivity index (χ2v) is 4.60. The fourth-order valence-electron chi connectivity index (χ4n) is 2.74. The number of rotatable bonds is 2. The summed E-state index contributed by atoms with van der Waals surface area (Å²) in [5.74, 6) is 1.82. The first-order valence-corrected chi connectivity index (χ1v) is 5.24. The molecule has 2 bridgehead atoms. The lowest BCUT2D eigenvalue weighted by molar-refractivity contribution is 0.258. The van der Waals surface area contributed by atoms with E-state index >= 15 is 0 Å². The van der Waals surface area contributed by atoms with Crippen LogP contribution in [-0.4, -0.2) is 25.2 Å². The van der Waals surface area contributed by atoms with Crippen molar-refractivity contribution in [3.63, 3.8) is 0 Å². The molecule has 3 atom stereocenters. The van der Waals surface area contributed by atoms with E-state index in [0.717, 1.165) is 17.9 Å². The van der Waals surface area contributed by atoms with Crippen LogP contribution in [0.25, 0.3) is 0 Å². The predicted octanol–water partition coefficient (Wildman–Crippen LogP) is 0.982. The van der Waals surface area contributed by atoms with Crippen molar-refractivity contribution in [1.29, 1.82) is 0 Å². The molecule has 1 saturated heterocycles. The average molecular weight is 168 g/mol. The van der Waals surface area contributed by atoms with Crippen molar-refractivity contribution in [1.82, 2.24) is 10.6 Å². The van der Waals surface area contributed by atoms with Gasteiger partial charge < -0.3 is 10.6 Å². The van der Waals surface area contributed by atoms with E-state index in [2.05, 4.69) is 24.5 Å². The molecule has 0 radical (unpaired) electrons. The van der Waals surface area contributed by atoms with Gasteiger partial charge in [-0.25, -0.2) is 0 Å². The largest absolute Gasteiger partial charge is 0.316 e. The van der Waals surface area contributed by atoms with Crippen LogP contribution in [0.2, 0.25) is 0 Å². The Balaban J connectivity index is 1.96. The number of piperidine rings is 1. The zero-order valence-corrected chi connectivity index (χ0v) is 8.14. The number of hydrogen-bond donors (Lipinski definition) is 2. The van der Waals surface area contributed by atoms with Gasteiger partial charge >= 0.3 is 0 Å². The first-order valence-electron chi connectivity index (χ1n) is 5.24. The zero-order chi connectivity index (χ0) is 8.55. The van der Waals surface area contributed by atoms with Crippen LogP contribution in [0.3, 0.4) is 0 Å². The van der Waals surface area contributed by atoms with Crippen molar-refractivity contribution in [2.75, 3.05) is 13.1 Å². The van der Waals surface area contributed by atoms with E-state index < -0.39 is 0 Å².